The molecule has 7 heteroatoms. The molecule has 2 heterocycles. The lowest BCUT2D eigenvalue weighted by Crippen LogP contribution is -2.14. The van der Waals surface area contributed by atoms with Gasteiger partial charge in [0.15, 0.2) is 10.8 Å². The molecule has 4 N–H and O–H groups in total. The Hall–Kier alpha value is -1.89. The van der Waals surface area contributed by atoms with E-state index in [1.165, 1.54) is 24.2 Å². The lowest BCUT2D eigenvalue weighted by Gasteiger charge is -1.99. The number of nitrogens with one attached hydrogen (secondary N) is 2. The van der Waals surface area contributed by atoms with E-state index in [0.717, 1.165) is 5.69 Å². The van der Waals surface area contributed by atoms with Crippen molar-refractivity contribution in [3.8, 4) is 0 Å². The Kier molecular flexibility index (Phi) is 2.55. The van der Waals surface area contributed by atoms with Crippen molar-refractivity contribution in [2.75, 3.05) is 11.1 Å². The van der Waals surface area contributed by atoms with E-state index in [9.17, 15) is 4.79 Å². The molecule has 2 aromatic heterocycles. The number of anilines is 2. The molecule has 18 heavy (non-hydrogen) atoms. The minimum absolute atomic E-state index is 0.218. The first-order valence-electron chi connectivity index (χ1n) is 5.72. The molecular formula is C11H13N5OS. The lowest BCUT2D eigenvalue weighted by molar-refractivity contribution is 0.102. The van der Waals surface area contributed by atoms with Crippen molar-refractivity contribution >= 4 is 28.1 Å². The number of nitrogen functional groups attached to an aromatic ring is 1. The van der Waals surface area contributed by atoms with Crippen LogP contribution in [0.4, 0.5) is 10.8 Å². The summed E-state index contributed by atoms with van der Waals surface area (Å²) >= 11 is 1.43. The van der Waals surface area contributed by atoms with Gasteiger partial charge in [0.25, 0.3) is 5.91 Å². The monoisotopic (exact) mass is 263 g/mol. The van der Waals surface area contributed by atoms with Crippen molar-refractivity contribution in [1.82, 2.24) is 15.2 Å². The van der Waals surface area contributed by atoms with Gasteiger partial charge in [-0.2, -0.15) is 5.10 Å². The van der Waals surface area contributed by atoms with Crippen LogP contribution < -0.4 is 11.1 Å². The Morgan fingerprint density at radius 3 is 3.00 bits per heavy atom. The number of nitrogens with two attached hydrogens (primary N) is 1. The average molecular weight is 263 g/mol. The van der Waals surface area contributed by atoms with Gasteiger partial charge in [0.1, 0.15) is 0 Å². The van der Waals surface area contributed by atoms with Crippen LogP contribution >= 0.6 is 11.3 Å². The zero-order valence-electron chi connectivity index (χ0n) is 9.86. The molecule has 0 radical (unpaired) electrons. The quantitative estimate of drug-likeness (QED) is 0.787. The van der Waals surface area contributed by atoms with Gasteiger partial charge in [-0.05, 0) is 19.8 Å². The van der Waals surface area contributed by atoms with Gasteiger partial charge < -0.3 is 5.73 Å². The Labute approximate surface area is 108 Å². The number of carbonyl (C=O) groups excluding carboxylic acids is 1. The number of aromatic nitrogens is 3. The maximum atomic E-state index is 11.9. The van der Waals surface area contributed by atoms with Gasteiger partial charge in [-0.25, -0.2) is 4.98 Å². The van der Waals surface area contributed by atoms with Crippen molar-refractivity contribution in [2.45, 2.75) is 25.7 Å². The predicted molar refractivity (Wildman–Crippen MR) is 69.8 cm³/mol. The van der Waals surface area contributed by atoms with Gasteiger partial charge in [-0.15, -0.1) is 11.3 Å². The standard InChI is InChI=1S/C11H13N5OS/c1-5-8(12)9(16-15-5)10(17)14-11-13-7(4-18-11)6-2-3-6/h4,6H,2-3,12H2,1H3,(H,15,16)(H,13,14,17). The molecule has 0 spiro atoms. The SMILES string of the molecule is Cc1[nH]nc(C(=O)Nc2nc(C3CC3)cs2)c1N. The van der Waals surface area contributed by atoms with E-state index in [1.54, 1.807) is 6.92 Å². The number of rotatable bonds is 3. The number of aryl methyl sites for hydroxylation is 1. The van der Waals surface area contributed by atoms with E-state index in [-0.39, 0.29) is 11.6 Å². The maximum Gasteiger partial charge on any atom is 0.280 e. The van der Waals surface area contributed by atoms with Crippen molar-refractivity contribution in [1.29, 1.82) is 0 Å². The number of thiazole rings is 1. The molecule has 94 valence electrons. The van der Waals surface area contributed by atoms with E-state index in [0.29, 0.717) is 22.4 Å². The van der Waals surface area contributed by atoms with Crippen LogP contribution in [0.2, 0.25) is 0 Å². The molecule has 1 amide bonds. The van der Waals surface area contributed by atoms with Gasteiger partial charge in [0, 0.05) is 11.3 Å². The zero-order chi connectivity index (χ0) is 12.7. The summed E-state index contributed by atoms with van der Waals surface area (Å²) in [4.78, 5) is 16.3. The molecule has 6 nitrogen and oxygen atoms in total. The smallest absolute Gasteiger partial charge is 0.280 e. The summed E-state index contributed by atoms with van der Waals surface area (Å²) in [5.74, 6) is 0.262. The highest BCUT2D eigenvalue weighted by molar-refractivity contribution is 7.14. The summed E-state index contributed by atoms with van der Waals surface area (Å²) in [5.41, 5.74) is 8.11. The van der Waals surface area contributed by atoms with Crippen molar-refractivity contribution in [3.63, 3.8) is 0 Å². The second kappa shape index (κ2) is 4.09. The summed E-state index contributed by atoms with van der Waals surface area (Å²) in [7, 11) is 0. The third-order valence-corrected chi connectivity index (χ3v) is 3.72. The van der Waals surface area contributed by atoms with Gasteiger partial charge in [-0.1, -0.05) is 0 Å². The van der Waals surface area contributed by atoms with Crippen LogP contribution in [0.3, 0.4) is 0 Å². The fourth-order valence-corrected chi connectivity index (χ4v) is 2.46. The minimum atomic E-state index is -0.325. The van der Waals surface area contributed by atoms with Gasteiger partial charge in [0.05, 0.1) is 17.1 Å². The van der Waals surface area contributed by atoms with Gasteiger partial charge in [-0.3, -0.25) is 15.2 Å². The van der Waals surface area contributed by atoms with E-state index >= 15 is 0 Å². The van der Waals surface area contributed by atoms with E-state index in [4.69, 9.17) is 5.73 Å². The highest BCUT2D eigenvalue weighted by Crippen LogP contribution is 2.40. The van der Waals surface area contributed by atoms with Crippen LogP contribution in [-0.4, -0.2) is 21.1 Å². The molecule has 0 saturated heterocycles. The molecule has 0 atom stereocenters. The third-order valence-electron chi connectivity index (χ3n) is 2.95. The molecule has 0 bridgehead atoms. The summed E-state index contributed by atoms with van der Waals surface area (Å²) in [5, 5.41) is 11.9. The number of nitrogens with zero attached hydrogens (tertiary/aromatic N) is 2. The Morgan fingerprint density at radius 2 is 2.39 bits per heavy atom. The minimum Gasteiger partial charge on any atom is -0.395 e. The van der Waals surface area contributed by atoms with Crippen LogP contribution in [-0.2, 0) is 0 Å². The zero-order valence-corrected chi connectivity index (χ0v) is 10.7. The van der Waals surface area contributed by atoms with E-state index in [2.05, 4.69) is 20.5 Å². The first-order valence-corrected chi connectivity index (χ1v) is 6.60. The maximum absolute atomic E-state index is 11.9. The van der Waals surface area contributed by atoms with Crippen molar-refractivity contribution in [2.24, 2.45) is 0 Å². The summed E-state index contributed by atoms with van der Waals surface area (Å²) in [6.45, 7) is 1.77. The van der Waals surface area contributed by atoms with E-state index < -0.39 is 0 Å². The highest BCUT2D eigenvalue weighted by Gasteiger charge is 2.26. The average Bonchev–Trinajstić information content (AvgIpc) is 3.01. The molecule has 1 fully saturated rings. The fraction of sp³-hybridized carbons (Fsp3) is 0.364. The van der Waals surface area contributed by atoms with Crippen molar-refractivity contribution < 1.29 is 4.79 Å². The molecule has 1 aliphatic carbocycles. The number of hydrogen-bond donors (Lipinski definition) is 3. The summed E-state index contributed by atoms with van der Waals surface area (Å²) < 4.78 is 0. The van der Waals surface area contributed by atoms with Crippen molar-refractivity contribution in [3.05, 3.63) is 22.5 Å². The second-order valence-corrected chi connectivity index (χ2v) is 5.27. The van der Waals surface area contributed by atoms with Gasteiger partial charge in [0.2, 0.25) is 0 Å². The number of carbonyl (C=O) groups is 1. The lowest BCUT2D eigenvalue weighted by atomic mass is 10.3. The molecule has 1 saturated carbocycles. The summed E-state index contributed by atoms with van der Waals surface area (Å²) in [6.07, 6.45) is 2.39. The topological polar surface area (TPSA) is 96.7 Å². The number of H-pyrrole nitrogens is 1. The first kappa shape index (κ1) is 11.2. The molecule has 0 aromatic carbocycles. The number of hydrogen-bond acceptors (Lipinski definition) is 5. The number of amides is 1. The Balaban J connectivity index is 1.75. The van der Waals surface area contributed by atoms with Crippen LogP contribution in [0.1, 0.15) is 40.6 Å². The largest absolute Gasteiger partial charge is 0.395 e. The third kappa shape index (κ3) is 1.97. The molecule has 3 rings (SSSR count). The van der Waals surface area contributed by atoms with Crippen LogP contribution in [0.5, 0.6) is 0 Å². The molecular weight excluding hydrogens is 250 g/mol. The fourth-order valence-electron chi connectivity index (χ4n) is 1.68. The van der Waals surface area contributed by atoms with Gasteiger partial charge >= 0.3 is 0 Å². The van der Waals surface area contributed by atoms with Crippen LogP contribution in [0.15, 0.2) is 5.38 Å². The Morgan fingerprint density at radius 1 is 1.61 bits per heavy atom. The molecule has 1 aliphatic rings. The Bertz CT molecular complexity index is 598. The predicted octanol–water partition coefficient (Wildman–Crippen LogP) is 1.89. The molecule has 0 unspecified atom stereocenters. The number of aromatic amines is 1. The molecule has 0 aliphatic heterocycles. The molecule has 2 aromatic rings. The normalized spacial score (nSPS) is 14.7. The van der Waals surface area contributed by atoms with Crippen LogP contribution in [0, 0.1) is 6.92 Å². The van der Waals surface area contributed by atoms with Crippen LogP contribution in [0.25, 0.3) is 0 Å². The van der Waals surface area contributed by atoms with E-state index in [1.807, 2.05) is 5.38 Å². The summed E-state index contributed by atoms with van der Waals surface area (Å²) in [6, 6.07) is 0. The second-order valence-electron chi connectivity index (χ2n) is 4.42. The first-order chi connectivity index (χ1) is 8.65. The highest BCUT2D eigenvalue weighted by atomic mass is 32.1.